The van der Waals surface area contributed by atoms with Crippen molar-refractivity contribution < 1.29 is 18.3 Å². The Morgan fingerprint density at radius 1 is 1.45 bits per heavy atom. The second kappa shape index (κ2) is 6.64. The van der Waals surface area contributed by atoms with E-state index in [1.54, 1.807) is 24.4 Å². The summed E-state index contributed by atoms with van der Waals surface area (Å²) in [7, 11) is -3.79. The molecule has 2 N–H and O–H groups in total. The normalized spacial score (nSPS) is 11.4. The fraction of sp³-hybridized carbons (Fsp3) is 0.231. The van der Waals surface area contributed by atoms with Crippen molar-refractivity contribution in [3.05, 3.63) is 39.9 Å². The van der Waals surface area contributed by atoms with E-state index in [0.29, 0.717) is 16.3 Å². The smallest absolute Gasteiger partial charge is 0.303 e. The van der Waals surface area contributed by atoms with E-state index in [1.807, 2.05) is 0 Å². The zero-order valence-corrected chi connectivity index (χ0v) is 13.9. The van der Waals surface area contributed by atoms with Gasteiger partial charge in [0.05, 0.1) is 17.0 Å². The van der Waals surface area contributed by atoms with Gasteiger partial charge in [0.25, 0.3) is 10.0 Å². The number of hydrogen-bond acceptors (Lipinski definition) is 5. The van der Waals surface area contributed by atoms with Crippen LogP contribution in [0.3, 0.4) is 0 Å². The average Bonchev–Trinajstić information content (AvgIpc) is 2.86. The Labute approximate surface area is 136 Å². The molecule has 0 fully saturated rings. The number of carboxylic acid groups (broad SMARTS) is 1. The minimum absolute atomic E-state index is 0.0523. The predicted molar refractivity (Wildman–Crippen MR) is 85.1 cm³/mol. The van der Waals surface area contributed by atoms with Gasteiger partial charge in [-0.2, -0.15) is 0 Å². The summed E-state index contributed by atoms with van der Waals surface area (Å²) in [6.07, 6.45) is 0.201. The molecular weight excluding hydrogens is 348 g/mol. The van der Waals surface area contributed by atoms with Crippen LogP contribution in [-0.4, -0.2) is 24.5 Å². The van der Waals surface area contributed by atoms with Crippen LogP contribution in [0.4, 0.5) is 5.13 Å². The predicted octanol–water partition coefficient (Wildman–Crippen LogP) is 2.92. The molecule has 0 saturated carbocycles. The molecular formula is C13H13ClN2O4S2. The molecule has 9 heteroatoms. The maximum absolute atomic E-state index is 12.4. The van der Waals surface area contributed by atoms with Crippen molar-refractivity contribution in [3.8, 4) is 0 Å². The Kier molecular flexibility index (Phi) is 5.05. The quantitative estimate of drug-likeness (QED) is 0.825. The van der Waals surface area contributed by atoms with Gasteiger partial charge in [0, 0.05) is 16.8 Å². The molecule has 0 amide bonds. The first-order valence-electron chi connectivity index (χ1n) is 6.24. The van der Waals surface area contributed by atoms with Crippen molar-refractivity contribution >= 4 is 44.1 Å². The van der Waals surface area contributed by atoms with Crippen LogP contribution >= 0.6 is 22.9 Å². The minimum Gasteiger partial charge on any atom is -0.481 e. The first-order chi connectivity index (χ1) is 10.3. The molecule has 1 heterocycles. The number of aromatic nitrogens is 1. The standard InChI is InChI=1S/C13H13ClN2O4S2/c1-8-10(14)3-2-4-11(8)22(19,20)16-13-15-9(7-21-13)5-6-12(17)18/h2-4,7H,5-6H2,1H3,(H,15,16)(H,17,18). The lowest BCUT2D eigenvalue weighted by molar-refractivity contribution is -0.136. The molecule has 0 unspecified atom stereocenters. The molecule has 0 radical (unpaired) electrons. The number of halogens is 1. The van der Waals surface area contributed by atoms with Gasteiger partial charge in [0.15, 0.2) is 5.13 Å². The molecule has 0 atom stereocenters. The summed E-state index contributed by atoms with van der Waals surface area (Å²) in [6, 6.07) is 4.63. The van der Waals surface area contributed by atoms with Crippen LogP contribution in [0.2, 0.25) is 5.02 Å². The van der Waals surface area contributed by atoms with E-state index < -0.39 is 16.0 Å². The fourth-order valence-corrected chi connectivity index (χ4v) is 4.25. The van der Waals surface area contributed by atoms with E-state index in [1.165, 1.54) is 6.07 Å². The van der Waals surface area contributed by atoms with Gasteiger partial charge in [0.1, 0.15) is 0 Å². The second-order valence-corrected chi connectivity index (χ2v) is 7.42. The summed E-state index contributed by atoms with van der Waals surface area (Å²) in [5.74, 6) is -0.926. The Morgan fingerprint density at radius 3 is 2.86 bits per heavy atom. The van der Waals surface area contributed by atoms with Crippen molar-refractivity contribution in [1.82, 2.24) is 4.98 Å². The molecule has 2 aromatic rings. The van der Waals surface area contributed by atoms with Crippen molar-refractivity contribution in [2.24, 2.45) is 0 Å². The largest absolute Gasteiger partial charge is 0.481 e. The lowest BCUT2D eigenvalue weighted by Gasteiger charge is -2.09. The number of nitrogens with zero attached hydrogens (tertiary/aromatic N) is 1. The molecule has 1 aromatic carbocycles. The molecule has 2 rings (SSSR count). The summed E-state index contributed by atoms with van der Waals surface area (Å²) in [5.41, 5.74) is 0.993. The highest BCUT2D eigenvalue weighted by Crippen LogP contribution is 2.26. The van der Waals surface area contributed by atoms with Crippen molar-refractivity contribution in [3.63, 3.8) is 0 Å². The highest BCUT2D eigenvalue weighted by Gasteiger charge is 2.19. The topological polar surface area (TPSA) is 96.4 Å². The molecule has 0 bridgehead atoms. The van der Waals surface area contributed by atoms with Crippen LogP contribution in [-0.2, 0) is 21.2 Å². The summed E-state index contributed by atoms with van der Waals surface area (Å²) in [5, 5.41) is 10.8. The number of sulfonamides is 1. The number of aliphatic carboxylic acids is 1. The van der Waals surface area contributed by atoms with Crippen molar-refractivity contribution in [2.45, 2.75) is 24.7 Å². The number of hydrogen-bond donors (Lipinski definition) is 2. The van der Waals surface area contributed by atoms with Gasteiger partial charge in [-0.3, -0.25) is 9.52 Å². The molecule has 0 aliphatic heterocycles. The number of thiazole rings is 1. The number of carboxylic acids is 1. The maximum atomic E-state index is 12.4. The fourth-order valence-electron chi connectivity index (χ4n) is 1.75. The third kappa shape index (κ3) is 3.96. The highest BCUT2D eigenvalue weighted by molar-refractivity contribution is 7.93. The Balaban J connectivity index is 2.19. The summed E-state index contributed by atoms with van der Waals surface area (Å²) >= 11 is 7.04. The van der Waals surface area contributed by atoms with E-state index in [-0.39, 0.29) is 22.9 Å². The molecule has 118 valence electrons. The number of nitrogens with one attached hydrogen (secondary N) is 1. The second-order valence-electron chi connectivity index (χ2n) is 4.51. The third-order valence-electron chi connectivity index (χ3n) is 2.88. The van der Waals surface area contributed by atoms with E-state index >= 15 is 0 Å². The summed E-state index contributed by atoms with van der Waals surface area (Å²) in [4.78, 5) is 14.7. The maximum Gasteiger partial charge on any atom is 0.303 e. The molecule has 0 aliphatic rings. The Hall–Kier alpha value is -1.64. The van der Waals surface area contributed by atoms with E-state index in [0.717, 1.165) is 11.3 Å². The van der Waals surface area contributed by atoms with Crippen molar-refractivity contribution in [1.29, 1.82) is 0 Å². The zero-order valence-electron chi connectivity index (χ0n) is 11.5. The van der Waals surface area contributed by atoms with E-state index in [9.17, 15) is 13.2 Å². The van der Waals surface area contributed by atoms with Gasteiger partial charge in [-0.25, -0.2) is 13.4 Å². The number of aryl methyl sites for hydroxylation is 1. The molecule has 6 nitrogen and oxygen atoms in total. The van der Waals surface area contributed by atoms with Gasteiger partial charge in [0.2, 0.25) is 0 Å². The molecule has 0 spiro atoms. The summed E-state index contributed by atoms with van der Waals surface area (Å²) in [6.45, 7) is 1.62. The highest BCUT2D eigenvalue weighted by atomic mass is 35.5. The van der Waals surface area contributed by atoms with Crippen LogP contribution in [0.25, 0.3) is 0 Å². The van der Waals surface area contributed by atoms with Crippen LogP contribution in [0.1, 0.15) is 17.7 Å². The summed E-state index contributed by atoms with van der Waals surface area (Å²) < 4.78 is 27.1. The van der Waals surface area contributed by atoms with Crippen LogP contribution in [0, 0.1) is 6.92 Å². The number of carbonyl (C=O) groups is 1. The average molecular weight is 361 g/mol. The van der Waals surface area contributed by atoms with Gasteiger partial charge >= 0.3 is 5.97 Å². The van der Waals surface area contributed by atoms with Gasteiger partial charge in [-0.05, 0) is 24.6 Å². The minimum atomic E-state index is -3.79. The first kappa shape index (κ1) is 16.7. The first-order valence-corrected chi connectivity index (χ1v) is 8.98. The van der Waals surface area contributed by atoms with E-state index in [2.05, 4.69) is 9.71 Å². The number of rotatable bonds is 6. The zero-order chi connectivity index (χ0) is 16.3. The van der Waals surface area contributed by atoms with Crippen LogP contribution < -0.4 is 4.72 Å². The molecule has 0 aliphatic carbocycles. The van der Waals surface area contributed by atoms with Crippen LogP contribution in [0.15, 0.2) is 28.5 Å². The number of anilines is 1. The number of benzene rings is 1. The third-order valence-corrected chi connectivity index (χ3v) is 5.70. The lowest BCUT2D eigenvalue weighted by atomic mass is 10.2. The Bertz CT molecular complexity index is 802. The molecule has 1 aromatic heterocycles. The van der Waals surface area contributed by atoms with Crippen molar-refractivity contribution in [2.75, 3.05) is 4.72 Å². The molecule has 22 heavy (non-hydrogen) atoms. The SMILES string of the molecule is Cc1c(Cl)cccc1S(=O)(=O)Nc1nc(CCC(=O)O)cs1. The van der Waals surface area contributed by atoms with Gasteiger partial charge in [-0.1, -0.05) is 17.7 Å². The monoisotopic (exact) mass is 360 g/mol. The molecule has 0 saturated heterocycles. The lowest BCUT2D eigenvalue weighted by Crippen LogP contribution is -2.14. The van der Waals surface area contributed by atoms with Gasteiger partial charge < -0.3 is 5.11 Å². The van der Waals surface area contributed by atoms with E-state index in [4.69, 9.17) is 16.7 Å². The Morgan fingerprint density at radius 2 is 2.18 bits per heavy atom. The van der Waals surface area contributed by atoms with Gasteiger partial charge in [-0.15, -0.1) is 11.3 Å². The van der Waals surface area contributed by atoms with Crippen LogP contribution in [0.5, 0.6) is 0 Å².